The molecule has 1 spiro atoms. The summed E-state index contributed by atoms with van der Waals surface area (Å²) in [6.45, 7) is 3.14. The largest absolute Gasteiger partial charge is 0.370 e. The SMILES string of the molecule is Cc1ccc(C(=O)N2CCC3(CC2)Cc2c(c(C(=O)NC4CC4)nn2C)CO3)cc1F. The van der Waals surface area contributed by atoms with Gasteiger partial charge >= 0.3 is 0 Å². The fourth-order valence-electron chi connectivity index (χ4n) is 4.57. The highest BCUT2D eigenvalue weighted by Gasteiger charge is 2.43. The molecule has 2 amide bonds. The van der Waals surface area contributed by atoms with E-state index in [4.69, 9.17) is 4.74 Å². The van der Waals surface area contributed by atoms with Gasteiger partial charge in [0.25, 0.3) is 11.8 Å². The number of aryl methyl sites for hydroxylation is 2. The first-order valence-electron chi connectivity index (χ1n) is 10.9. The lowest BCUT2D eigenvalue weighted by Crippen LogP contribution is -2.50. The van der Waals surface area contributed by atoms with Crippen LogP contribution < -0.4 is 5.32 Å². The molecule has 7 nitrogen and oxygen atoms in total. The Morgan fingerprint density at radius 3 is 2.68 bits per heavy atom. The number of amides is 2. The van der Waals surface area contributed by atoms with E-state index in [1.54, 1.807) is 28.6 Å². The molecule has 3 heterocycles. The maximum absolute atomic E-state index is 13.9. The smallest absolute Gasteiger partial charge is 0.272 e. The zero-order valence-electron chi connectivity index (χ0n) is 17.9. The van der Waals surface area contributed by atoms with Crippen molar-refractivity contribution in [1.82, 2.24) is 20.0 Å². The standard InChI is InChI=1S/C23H27FN4O3/c1-14-3-4-15(11-18(14)24)22(30)28-9-7-23(8-10-28)12-19-17(13-31-23)20(26-27(19)2)21(29)25-16-5-6-16/h3-4,11,16H,5-10,12-13H2,1-2H3,(H,25,29). The molecule has 3 aliphatic rings. The summed E-state index contributed by atoms with van der Waals surface area (Å²) in [4.78, 5) is 27.1. The second kappa shape index (κ2) is 7.44. The van der Waals surface area contributed by atoms with Crippen molar-refractivity contribution in [1.29, 1.82) is 0 Å². The summed E-state index contributed by atoms with van der Waals surface area (Å²) in [6, 6.07) is 4.91. The topological polar surface area (TPSA) is 76.5 Å². The third-order valence-electron chi connectivity index (χ3n) is 6.80. The van der Waals surface area contributed by atoms with Gasteiger partial charge in [-0.2, -0.15) is 5.10 Å². The highest BCUT2D eigenvalue weighted by Crippen LogP contribution is 2.37. The van der Waals surface area contributed by atoms with E-state index in [1.807, 2.05) is 7.05 Å². The molecule has 0 unspecified atom stereocenters. The van der Waals surface area contributed by atoms with E-state index in [2.05, 4.69) is 10.4 Å². The van der Waals surface area contributed by atoms with Crippen LogP contribution in [0.25, 0.3) is 0 Å². The lowest BCUT2D eigenvalue weighted by atomic mass is 9.83. The number of hydrogen-bond acceptors (Lipinski definition) is 4. The summed E-state index contributed by atoms with van der Waals surface area (Å²) in [6.07, 6.45) is 4.13. The number of likely N-dealkylation sites (tertiary alicyclic amines) is 1. The van der Waals surface area contributed by atoms with E-state index in [1.165, 1.54) is 6.07 Å². The van der Waals surface area contributed by atoms with Gasteiger partial charge in [0.15, 0.2) is 5.69 Å². The number of benzene rings is 1. The van der Waals surface area contributed by atoms with Gasteiger partial charge in [-0.3, -0.25) is 14.3 Å². The molecule has 1 saturated heterocycles. The molecule has 2 aromatic rings. The van der Waals surface area contributed by atoms with E-state index in [0.717, 1.165) is 24.1 Å². The van der Waals surface area contributed by atoms with Crippen molar-refractivity contribution in [3.8, 4) is 0 Å². The number of fused-ring (bicyclic) bond motifs is 1. The predicted octanol–water partition coefficient (Wildman–Crippen LogP) is 2.51. The van der Waals surface area contributed by atoms with Crippen LogP contribution in [0.2, 0.25) is 0 Å². The van der Waals surface area contributed by atoms with Crippen LogP contribution in [-0.2, 0) is 24.8 Å². The monoisotopic (exact) mass is 426 g/mol. The normalized spacial score (nSPS) is 19.9. The van der Waals surface area contributed by atoms with Crippen molar-refractivity contribution in [2.24, 2.45) is 7.05 Å². The summed E-state index contributed by atoms with van der Waals surface area (Å²) in [5.74, 6) is -0.630. The molecule has 164 valence electrons. The Hall–Kier alpha value is -2.74. The summed E-state index contributed by atoms with van der Waals surface area (Å²) in [5, 5.41) is 7.48. The Morgan fingerprint density at radius 2 is 2.00 bits per heavy atom. The maximum Gasteiger partial charge on any atom is 0.272 e. The van der Waals surface area contributed by atoms with Gasteiger partial charge < -0.3 is 15.0 Å². The quantitative estimate of drug-likeness (QED) is 0.818. The number of piperidine rings is 1. The summed E-state index contributed by atoms with van der Waals surface area (Å²) in [7, 11) is 1.87. The first-order chi connectivity index (χ1) is 14.8. The number of aromatic nitrogens is 2. The second-order valence-electron chi connectivity index (χ2n) is 9.05. The van der Waals surface area contributed by atoms with Crippen LogP contribution in [0.3, 0.4) is 0 Å². The third kappa shape index (κ3) is 3.73. The van der Waals surface area contributed by atoms with Crippen molar-refractivity contribution in [2.75, 3.05) is 13.1 Å². The molecule has 5 rings (SSSR count). The number of carbonyl (C=O) groups excluding carboxylic acids is 2. The molecular formula is C23H27FN4O3. The van der Waals surface area contributed by atoms with Crippen LogP contribution in [0, 0.1) is 12.7 Å². The number of ether oxygens (including phenoxy) is 1. The first kappa shape index (κ1) is 20.2. The number of carbonyl (C=O) groups is 2. The van der Waals surface area contributed by atoms with Crippen molar-refractivity contribution in [2.45, 2.75) is 57.3 Å². The van der Waals surface area contributed by atoms with E-state index in [0.29, 0.717) is 55.8 Å². The molecule has 1 aliphatic carbocycles. The molecule has 1 saturated carbocycles. The Balaban J connectivity index is 1.27. The zero-order valence-corrected chi connectivity index (χ0v) is 17.9. The van der Waals surface area contributed by atoms with Crippen LogP contribution in [-0.4, -0.2) is 51.2 Å². The third-order valence-corrected chi connectivity index (χ3v) is 6.80. The van der Waals surface area contributed by atoms with Crippen LogP contribution in [0.1, 0.15) is 63.4 Å². The summed E-state index contributed by atoms with van der Waals surface area (Å²) in [5.41, 5.74) is 2.92. The number of nitrogens with zero attached hydrogens (tertiary/aromatic N) is 3. The summed E-state index contributed by atoms with van der Waals surface area (Å²) < 4.78 is 22.0. The molecule has 1 aromatic carbocycles. The van der Waals surface area contributed by atoms with E-state index >= 15 is 0 Å². The van der Waals surface area contributed by atoms with Gasteiger partial charge in [0.2, 0.25) is 0 Å². The van der Waals surface area contributed by atoms with Crippen molar-refractivity contribution < 1.29 is 18.7 Å². The van der Waals surface area contributed by atoms with Gasteiger partial charge in [0.1, 0.15) is 5.82 Å². The van der Waals surface area contributed by atoms with Crippen LogP contribution in [0.15, 0.2) is 18.2 Å². The molecule has 31 heavy (non-hydrogen) atoms. The maximum atomic E-state index is 13.9. The first-order valence-corrected chi connectivity index (χ1v) is 10.9. The Kier molecular flexibility index (Phi) is 4.84. The fraction of sp³-hybridized carbons (Fsp3) is 0.522. The van der Waals surface area contributed by atoms with Crippen molar-refractivity contribution >= 4 is 11.8 Å². The predicted molar refractivity (Wildman–Crippen MR) is 111 cm³/mol. The molecule has 0 bridgehead atoms. The van der Waals surface area contributed by atoms with Gasteiger partial charge in [-0.25, -0.2) is 4.39 Å². The molecule has 2 aliphatic heterocycles. The van der Waals surface area contributed by atoms with Gasteiger partial charge in [0, 0.05) is 49.4 Å². The second-order valence-corrected chi connectivity index (χ2v) is 9.05. The number of rotatable bonds is 3. The van der Waals surface area contributed by atoms with Crippen molar-refractivity contribution in [3.63, 3.8) is 0 Å². The molecule has 1 aromatic heterocycles. The Labute approximate surface area is 180 Å². The van der Waals surface area contributed by atoms with Crippen LogP contribution >= 0.6 is 0 Å². The highest BCUT2D eigenvalue weighted by atomic mass is 19.1. The average Bonchev–Trinajstić information content (AvgIpc) is 3.52. The lowest BCUT2D eigenvalue weighted by Gasteiger charge is -2.43. The average molecular weight is 426 g/mol. The highest BCUT2D eigenvalue weighted by molar-refractivity contribution is 5.95. The van der Waals surface area contributed by atoms with Gasteiger partial charge in [-0.15, -0.1) is 0 Å². The van der Waals surface area contributed by atoms with Crippen LogP contribution in [0.4, 0.5) is 4.39 Å². The van der Waals surface area contributed by atoms with E-state index in [-0.39, 0.29) is 29.3 Å². The zero-order chi connectivity index (χ0) is 21.8. The minimum absolute atomic E-state index is 0.121. The molecule has 1 N–H and O–H groups in total. The fourth-order valence-corrected chi connectivity index (χ4v) is 4.57. The molecule has 2 fully saturated rings. The van der Waals surface area contributed by atoms with E-state index < -0.39 is 0 Å². The van der Waals surface area contributed by atoms with Crippen LogP contribution in [0.5, 0.6) is 0 Å². The minimum Gasteiger partial charge on any atom is -0.370 e. The molecular weight excluding hydrogens is 399 g/mol. The van der Waals surface area contributed by atoms with Gasteiger partial charge in [-0.05, 0) is 50.3 Å². The van der Waals surface area contributed by atoms with E-state index in [9.17, 15) is 14.0 Å². The molecule has 0 radical (unpaired) electrons. The van der Waals surface area contributed by atoms with Gasteiger partial charge in [0.05, 0.1) is 12.2 Å². The van der Waals surface area contributed by atoms with Gasteiger partial charge in [-0.1, -0.05) is 6.07 Å². The lowest BCUT2D eigenvalue weighted by molar-refractivity contribution is -0.0990. The number of hydrogen-bond donors (Lipinski definition) is 1. The molecule has 0 atom stereocenters. The molecule has 8 heteroatoms. The minimum atomic E-state index is -0.361. The van der Waals surface area contributed by atoms with Crippen molar-refractivity contribution in [3.05, 3.63) is 52.1 Å². The summed E-state index contributed by atoms with van der Waals surface area (Å²) >= 11 is 0. The Bertz CT molecular complexity index is 1050. The Morgan fingerprint density at radius 1 is 1.26 bits per heavy atom. The number of nitrogens with one attached hydrogen (secondary N) is 1. The number of halogens is 1.